The van der Waals surface area contributed by atoms with Crippen LogP contribution in [0.2, 0.25) is 0 Å². The summed E-state index contributed by atoms with van der Waals surface area (Å²) in [5, 5.41) is 11.7. The number of amides is 1. The van der Waals surface area contributed by atoms with E-state index in [0.717, 1.165) is 34.0 Å². The van der Waals surface area contributed by atoms with Crippen molar-refractivity contribution < 1.29 is 14.3 Å². The molecule has 0 saturated carbocycles. The molecule has 1 aromatic heterocycles. The lowest BCUT2D eigenvalue weighted by Crippen LogP contribution is -2.31. The molecule has 9 heteroatoms. The van der Waals surface area contributed by atoms with Crippen molar-refractivity contribution >= 4 is 29.3 Å². The Balaban J connectivity index is 1.47. The number of thioether (sulfide) groups is 1. The summed E-state index contributed by atoms with van der Waals surface area (Å²) in [5.41, 5.74) is 4.01. The number of methoxy groups -OCH3 is 2. The number of nitrogens with one attached hydrogen (secondary N) is 2. The van der Waals surface area contributed by atoms with E-state index in [1.54, 1.807) is 18.9 Å². The van der Waals surface area contributed by atoms with Crippen molar-refractivity contribution in [2.45, 2.75) is 23.9 Å². The van der Waals surface area contributed by atoms with E-state index in [1.165, 1.54) is 11.8 Å². The second-order valence-corrected chi connectivity index (χ2v) is 9.40. The highest BCUT2D eigenvalue weighted by molar-refractivity contribution is 7.98. The number of hydrogen-bond acceptors (Lipinski definition) is 7. The first kappa shape index (κ1) is 24.5. The Hall–Kier alpha value is -4.24. The number of para-hydroxylation sites is 1. The lowest BCUT2D eigenvalue weighted by Gasteiger charge is -2.28. The number of carbonyl (C=O) groups excluding carboxylic acids is 1. The van der Waals surface area contributed by atoms with E-state index in [2.05, 4.69) is 10.6 Å². The highest BCUT2D eigenvalue weighted by Crippen LogP contribution is 2.37. The van der Waals surface area contributed by atoms with Gasteiger partial charge in [0.25, 0.3) is 5.91 Å². The summed E-state index contributed by atoms with van der Waals surface area (Å²) >= 11 is 1.53. The maximum atomic E-state index is 13.6. The number of carbonyl (C=O) groups is 1. The van der Waals surface area contributed by atoms with Gasteiger partial charge in [-0.2, -0.15) is 4.98 Å². The third-order valence-corrected chi connectivity index (χ3v) is 6.95. The Morgan fingerprint density at radius 3 is 2.49 bits per heavy atom. The Bertz CT molecular complexity index is 1430. The summed E-state index contributed by atoms with van der Waals surface area (Å²) in [7, 11) is 3.28. The first-order valence-corrected chi connectivity index (χ1v) is 12.7. The minimum absolute atomic E-state index is 0.205. The highest BCUT2D eigenvalue weighted by atomic mass is 32.2. The van der Waals surface area contributed by atoms with Gasteiger partial charge < -0.3 is 20.1 Å². The van der Waals surface area contributed by atoms with Crippen LogP contribution in [0.25, 0.3) is 0 Å². The molecule has 0 spiro atoms. The van der Waals surface area contributed by atoms with Gasteiger partial charge in [-0.05, 0) is 54.4 Å². The quantitative estimate of drug-likeness (QED) is 0.300. The van der Waals surface area contributed by atoms with Gasteiger partial charge in [0.15, 0.2) is 0 Å². The van der Waals surface area contributed by atoms with Crippen LogP contribution < -0.4 is 20.1 Å². The zero-order chi connectivity index (χ0) is 25.8. The molecule has 1 aliphatic rings. The SMILES string of the molecule is COc1ccc([C@H]2C(C(=O)Nc3ccccc3)=C(C)Nc3nc(SCc4cccc(OC)c4)nn32)cc1. The summed E-state index contributed by atoms with van der Waals surface area (Å²) in [6, 6.07) is 24.5. The second kappa shape index (κ2) is 10.8. The molecule has 0 aliphatic carbocycles. The van der Waals surface area contributed by atoms with Crippen molar-refractivity contribution in [3.8, 4) is 11.5 Å². The number of nitrogens with zero attached hydrogens (tertiary/aromatic N) is 3. The third-order valence-electron chi connectivity index (χ3n) is 6.04. The van der Waals surface area contributed by atoms with Crippen molar-refractivity contribution in [3.05, 3.63) is 101 Å². The summed E-state index contributed by atoms with van der Waals surface area (Å²) in [5.74, 6) is 2.61. The fourth-order valence-electron chi connectivity index (χ4n) is 4.21. The number of anilines is 2. The first-order valence-electron chi connectivity index (χ1n) is 11.8. The van der Waals surface area contributed by atoms with E-state index in [4.69, 9.17) is 19.6 Å². The Kier molecular flexibility index (Phi) is 7.14. The lowest BCUT2D eigenvalue weighted by atomic mass is 9.95. The third kappa shape index (κ3) is 5.31. The predicted octanol–water partition coefficient (Wildman–Crippen LogP) is 5.52. The van der Waals surface area contributed by atoms with E-state index in [9.17, 15) is 4.79 Å². The van der Waals surface area contributed by atoms with E-state index >= 15 is 0 Å². The van der Waals surface area contributed by atoms with Crippen molar-refractivity contribution in [1.29, 1.82) is 0 Å². The number of rotatable bonds is 8. The van der Waals surface area contributed by atoms with Crippen molar-refractivity contribution in [2.24, 2.45) is 0 Å². The van der Waals surface area contributed by atoms with Gasteiger partial charge in [0.1, 0.15) is 17.5 Å². The number of benzene rings is 3. The number of ether oxygens (including phenoxy) is 2. The molecule has 188 valence electrons. The summed E-state index contributed by atoms with van der Waals surface area (Å²) in [4.78, 5) is 18.3. The lowest BCUT2D eigenvalue weighted by molar-refractivity contribution is -0.113. The van der Waals surface area contributed by atoms with Crippen LogP contribution in [0, 0.1) is 0 Å². The van der Waals surface area contributed by atoms with Crippen LogP contribution in [0.4, 0.5) is 11.6 Å². The van der Waals surface area contributed by atoms with Crippen LogP contribution in [-0.2, 0) is 10.5 Å². The zero-order valence-electron chi connectivity index (χ0n) is 20.8. The largest absolute Gasteiger partial charge is 0.497 e. The van der Waals surface area contributed by atoms with Gasteiger partial charge in [0.05, 0.1) is 19.8 Å². The molecule has 0 radical (unpaired) electrons. The molecule has 1 amide bonds. The fraction of sp³-hybridized carbons (Fsp3) is 0.179. The molecule has 1 atom stereocenters. The molecule has 8 nitrogen and oxygen atoms in total. The molecule has 1 aliphatic heterocycles. The summed E-state index contributed by atoms with van der Waals surface area (Å²) in [6.07, 6.45) is 0. The van der Waals surface area contributed by atoms with Gasteiger partial charge in [0, 0.05) is 17.1 Å². The molecular weight excluding hydrogens is 486 g/mol. The van der Waals surface area contributed by atoms with Crippen molar-refractivity contribution in [3.63, 3.8) is 0 Å². The molecule has 2 heterocycles. The molecule has 0 unspecified atom stereocenters. The van der Waals surface area contributed by atoms with Crippen LogP contribution in [-0.4, -0.2) is 34.9 Å². The Labute approximate surface area is 219 Å². The number of allylic oxidation sites excluding steroid dienone is 1. The number of aromatic nitrogens is 3. The average Bonchev–Trinajstić information content (AvgIpc) is 3.34. The van der Waals surface area contributed by atoms with Gasteiger partial charge in [-0.1, -0.05) is 54.2 Å². The van der Waals surface area contributed by atoms with Crippen LogP contribution in [0.5, 0.6) is 11.5 Å². The minimum Gasteiger partial charge on any atom is -0.497 e. The molecule has 4 aromatic rings. The zero-order valence-corrected chi connectivity index (χ0v) is 21.6. The summed E-state index contributed by atoms with van der Waals surface area (Å²) < 4.78 is 12.5. The number of hydrogen-bond donors (Lipinski definition) is 2. The highest BCUT2D eigenvalue weighted by Gasteiger charge is 2.34. The molecule has 2 N–H and O–H groups in total. The molecule has 5 rings (SSSR count). The topological polar surface area (TPSA) is 90.3 Å². The minimum atomic E-state index is -0.468. The van der Waals surface area contributed by atoms with E-state index in [0.29, 0.717) is 22.4 Å². The average molecular weight is 514 g/mol. The van der Waals surface area contributed by atoms with Gasteiger partial charge in [-0.3, -0.25) is 4.79 Å². The van der Waals surface area contributed by atoms with E-state index in [1.807, 2.05) is 85.8 Å². The molecule has 0 saturated heterocycles. The van der Waals surface area contributed by atoms with Crippen molar-refractivity contribution in [2.75, 3.05) is 24.9 Å². The van der Waals surface area contributed by atoms with Crippen LogP contribution in [0.1, 0.15) is 24.1 Å². The maximum absolute atomic E-state index is 13.6. The molecular formula is C28H27N5O3S. The van der Waals surface area contributed by atoms with E-state index in [-0.39, 0.29) is 5.91 Å². The molecule has 0 bridgehead atoms. The van der Waals surface area contributed by atoms with Gasteiger partial charge in [0.2, 0.25) is 11.1 Å². The monoisotopic (exact) mass is 513 g/mol. The first-order chi connectivity index (χ1) is 18.1. The van der Waals surface area contributed by atoms with Gasteiger partial charge in [-0.15, -0.1) is 5.10 Å². The fourth-order valence-corrected chi connectivity index (χ4v) is 4.98. The number of fused-ring (bicyclic) bond motifs is 1. The molecule has 37 heavy (non-hydrogen) atoms. The van der Waals surface area contributed by atoms with Gasteiger partial charge in [-0.25, -0.2) is 4.68 Å². The van der Waals surface area contributed by atoms with Crippen LogP contribution >= 0.6 is 11.8 Å². The van der Waals surface area contributed by atoms with Crippen LogP contribution in [0.3, 0.4) is 0 Å². The molecule has 3 aromatic carbocycles. The summed E-state index contributed by atoms with van der Waals surface area (Å²) in [6.45, 7) is 1.89. The standard InChI is InChI=1S/C28H27N5O3S/c1-18-24(26(34)30-21-9-5-4-6-10-21)25(20-12-14-22(35-2)15-13-20)33-27(29-18)31-28(32-33)37-17-19-8-7-11-23(16-19)36-3/h4-16,25H,17H2,1-3H3,(H,30,34)(H,29,31,32)/t25-/m0/s1. The predicted molar refractivity (Wildman–Crippen MR) is 145 cm³/mol. The second-order valence-electron chi connectivity index (χ2n) is 8.46. The van der Waals surface area contributed by atoms with Gasteiger partial charge >= 0.3 is 0 Å². The normalized spacial score (nSPS) is 14.5. The van der Waals surface area contributed by atoms with E-state index < -0.39 is 6.04 Å². The Morgan fingerprint density at radius 2 is 1.76 bits per heavy atom. The molecule has 0 fully saturated rings. The van der Waals surface area contributed by atoms with Crippen molar-refractivity contribution in [1.82, 2.24) is 14.8 Å². The maximum Gasteiger partial charge on any atom is 0.255 e. The Morgan fingerprint density at radius 1 is 1.00 bits per heavy atom. The van der Waals surface area contributed by atoms with Crippen LogP contribution in [0.15, 0.2) is 95.3 Å². The smallest absolute Gasteiger partial charge is 0.255 e.